The number of benzene rings is 1. The second-order valence-electron chi connectivity index (χ2n) is 7.98. The molecule has 0 N–H and O–H groups in total. The lowest BCUT2D eigenvalue weighted by Crippen LogP contribution is -2.36. The summed E-state index contributed by atoms with van der Waals surface area (Å²) in [6.07, 6.45) is 7.77. The molecule has 1 aromatic rings. The lowest BCUT2D eigenvalue weighted by atomic mass is 10.1. The molecule has 0 spiro atoms. The van der Waals surface area contributed by atoms with Crippen LogP contribution in [0.2, 0.25) is 0 Å². The van der Waals surface area contributed by atoms with Crippen LogP contribution in [0.3, 0.4) is 0 Å². The maximum Gasteiger partial charge on any atom is 0.222 e. The molecule has 2 saturated heterocycles. The zero-order valence-corrected chi connectivity index (χ0v) is 16.3. The van der Waals surface area contributed by atoms with Crippen molar-refractivity contribution < 1.29 is 9.53 Å². The molecule has 144 valence electrons. The number of ether oxygens (including phenoxy) is 1. The topological polar surface area (TPSA) is 32.8 Å². The van der Waals surface area contributed by atoms with Gasteiger partial charge in [-0.2, -0.15) is 0 Å². The molecule has 3 rings (SSSR count). The Morgan fingerprint density at radius 3 is 2.81 bits per heavy atom. The van der Waals surface area contributed by atoms with Gasteiger partial charge in [0.1, 0.15) is 5.75 Å². The van der Waals surface area contributed by atoms with E-state index in [1.54, 1.807) is 0 Å². The predicted molar refractivity (Wildman–Crippen MR) is 106 cm³/mol. The Morgan fingerprint density at radius 1 is 1.15 bits per heavy atom. The van der Waals surface area contributed by atoms with Crippen molar-refractivity contribution in [2.24, 2.45) is 5.92 Å². The summed E-state index contributed by atoms with van der Waals surface area (Å²) in [6, 6.07) is 8.13. The standard InChI is InChI=1S/C22H34N2O2/c1-19-8-7-9-21(16-19)26-15-6-3-10-22(25)24-14-11-20(18-24)17-23-12-4-2-5-13-23/h7-9,16,20H,2-6,10-15,17-18H2,1H3/t20-/m0/s1. The van der Waals surface area contributed by atoms with Crippen molar-refractivity contribution in [1.82, 2.24) is 9.80 Å². The van der Waals surface area contributed by atoms with Crippen molar-refractivity contribution in [3.63, 3.8) is 0 Å². The van der Waals surface area contributed by atoms with Gasteiger partial charge in [0, 0.05) is 26.1 Å². The molecule has 1 atom stereocenters. The number of hydrogen-bond acceptors (Lipinski definition) is 3. The highest BCUT2D eigenvalue weighted by molar-refractivity contribution is 5.76. The van der Waals surface area contributed by atoms with Crippen LogP contribution in [0.1, 0.15) is 50.5 Å². The third-order valence-electron chi connectivity index (χ3n) is 5.65. The Morgan fingerprint density at radius 2 is 2.00 bits per heavy atom. The van der Waals surface area contributed by atoms with Gasteiger partial charge in [-0.05, 0) is 75.7 Å². The van der Waals surface area contributed by atoms with Crippen molar-refractivity contribution in [2.75, 3.05) is 39.3 Å². The third-order valence-corrected chi connectivity index (χ3v) is 5.65. The second kappa shape index (κ2) is 9.96. The van der Waals surface area contributed by atoms with E-state index in [2.05, 4.69) is 28.9 Å². The molecule has 0 saturated carbocycles. The van der Waals surface area contributed by atoms with Crippen LogP contribution in [0, 0.1) is 12.8 Å². The van der Waals surface area contributed by atoms with Crippen LogP contribution in [0.4, 0.5) is 0 Å². The molecule has 1 amide bonds. The van der Waals surface area contributed by atoms with E-state index < -0.39 is 0 Å². The monoisotopic (exact) mass is 358 g/mol. The molecule has 0 unspecified atom stereocenters. The largest absolute Gasteiger partial charge is 0.494 e. The smallest absolute Gasteiger partial charge is 0.222 e. The first-order valence-electron chi connectivity index (χ1n) is 10.4. The molecule has 0 radical (unpaired) electrons. The van der Waals surface area contributed by atoms with Gasteiger partial charge in [0.25, 0.3) is 0 Å². The minimum absolute atomic E-state index is 0.335. The third kappa shape index (κ3) is 6.01. The van der Waals surface area contributed by atoms with E-state index >= 15 is 0 Å². The van der Waals surface area contributed by atoms with E-state index in [4.69, 9.17) is 4.74 Å². The summed E-state index contributed by atoms with van der Waals surface area (Å²) >= 11 is 0. The number of likely N-dealkylation sites (tertiary alicyclic amines) is 2. The van der Waals surface area contributed by atoms with Gasteiger partial charge in [0.15, 0.2) is 0 Å². The van der Waals surface area contributed by atoms with Crippen molar-refractivity contribution in [2.45, 2.75) is 51.9 Å². The molecule has 0 aliphatic carbocycles. The predicted octanol–water partition coefficient (Wildman–Crippen LogP) is 3.88. The van der Waals surface area contributed by atoms with Gasteiger partial charge >= 0.3 is 0 Å². The van der Waals surface area contributed by atoms with E-state index in [-0.39, 0.29) is 0 Å². The van der Waals surface area contributed by atoms with E-state index in [1.165, 1.54) is 50.9 Å². The van der Waals surface area contributed by atoms with Crippen molar-refractivity contribution >= 4 is 5.91 Å². The number of hydrogen-bond donors (Lipinski definition) is 0. The van der Waals surface area contributed by atoms with Crippen molar-refractivity contribution in [3.8, 4) is 5.75 Å². The maximum absolute atomic E-state index is 12.4. The SMILES string of the molecule is Cc1cccc(OCCCCC(=O)N2CC[C@@H](CN3CCCCC3)C2)c1. The number of rotatable bonds is 8. The number of aryl methyl sites for hydroxylation is 1. The molecule has 4 heteroatoms. The molecule has 2 aliphatic rings. The van der Waals surface area contributed by atoms with Crippen LogP contribution in [-0.2, 0) is 4.79 Å². The fraction of sp³-hybridized carbons (Fsp3) is 0.682. The fourth-order valence-corrected chi connectivity index (χ4v) is 4.15. The second-order valence-corrected chi connectivity index (χ2v) is 7.98. The molecule has 1 aromatic carbocycles. The minimum Gasteiger partial charge on any atom is -0.494 e. The molecule has 26 heavy (non-hydrogen) atoms. The highest BCUT2D eigenvalue weighted by atomic mass is 16.5. The molecule has 0 aromatic heterocycles. The summed E-state index contributed by atoms with van der Waals surface area (Å²) in [5, 5.41) is 0. The Kier molecular flexibility index (Phi) is 7.36. The van der Waals surface area contributed by atoms with Crippen LogP contribution in [0.15, 0.2) is 24.3 Å². The molecule has 2 heterocycles. The summed E-state index contributed by atoms with van der Waals surface area (Å²) in [7, 11) is 0. The average molecular weight is 359 g/mol. The first-order valence-corrected chi connectivity index (χ1v) is 10.4. The molecule has 2 aliphatic heterocycles. The Bertz CT molecular complexity index is 569. The fourth-order valence-electron chi connectivity index (χ4n) is 4.15. The zero-order valence-electron chi connectivity index (χ0n) is 16.3. The van der Waals surface area contributed by atoms with Gasteiger partial charge in [-0.25, -0.2) is 0 Å². The zero-order chi connectivity index (χ0) is 18.2. The van der Waals surface area contributed by atoms with Gasteiger partial charge < -0.3 is 14.5 Å². The number of unbranched alkanes of at least 4 members (excludes halogenated alkanes) is 1. The molecule has 4 nitrogen and oxygen atoms in total. The van der Waals surface area contributed by atoms with E-state index in [1.807, 2.05) is 12.1 Å². The maximum atomic E-state index is 12.4. The Balaban J connectivity index is 1.28. The van der Waals surface area contributed by atoms with Gasteiger partial charge in [0.2, 0.25) is 5.91 Å². The minimum atomic E-state index is 0.335. The van der Waals surface area contributed by atoms with E-state index in [0.29, 0.717) is 24.9 Å². The summed E-state index contributed by atoms with van der Waals surface area (Å²) < 4.78 is 5.77. The van der Waals surface area contributed by atoms with Crippen LogP contribution in [0.25, 0.3) is 0 Å². The number of carbonyl (C=O) groups is 1. The number of carbonyl (C=O) groups excluding carboxylic acids is 1. The molecule has 2 fully saturated rings. The number of amides is 1. The lowest BCUT2D eigenvalue weighted by molar-refractivity contribution is -0.130. The van der Waals surface area contributed by atoms with Gasteiger partial charge in [-0.1, -0.05) is 18.6 Å². The van der Waals surface area contributed by atoms with Crippen molar-refractivity contribution in [3.05, 3.63) is 29.8 Å². The highest BCUT2D eigenvalue weighted by Crippen LogP contribution is 2.21. The quantitative estimate of drug-likeness (QED) is 0.661. The Labute approximate surface area is 158 Å². The van der Waals surface area contributed by atoms with Crippen LogP contribution >= 0.6 is 0 Å². The van der Waals surface area contributed by atoms with Crippen LogP contribution in [0.5, 0.6) is 5.75 Å². The lowest BCUT2D eigenvalue weighted by Gasteiger charge is -2.29. The number of nitrogens with zero attached hydrogens (tertiary/aromatic N) is 2. The van der Waals surface area contributed by atoms with E-state index in [0.717, 1.165) is 31.7 Å². The first kappa shape index (κ1) is 19.2. The van der Waals surface area contributed by atoms with Crippen LogP contribution < -0.4 is 4.74 Å². The first-order chi connectivity index (χ1) is 12.7. The Hall–Kier alpha value is -1.55. The highest BCUT2D eigenvalue weighted by Gasteiger charge is 2.27. The molecular weight excluding hydrogens is 324 g/mol. The number of piperidine rings is 1. The summed E-state index contributed by atoms with van der Waals surface area (Å²) in [5.74, 6) is 1.94. The van der Waals surface area contributed by atoms with Crippen molar-refractivity contribution in [1.29, 1.82) is 0 Å². The normalized spacial score (nSPS) is 21.1. The van der Waals surface area contributed by atoms with Gasteiger partial charge in [0.05, 0.1) is 6.61 Å². The summed E-state index contributed by atoms with van der Waals surface area (Å²) in [6.45, 7) is 8.38. The van der Waals surface area contributed by atoms with Crippen LogP contribution in [-0.4, -0.2) is 55.0 Å². The van der Waals surface area contributed by atoms with Gasteiger partial charge in [-0.3, -0.25) is 4.79 Å². The summed E-state index contributed by atoms with van der Waals surface area (Å²) in [5.41, 5.74) is 1.21. The summed E-state index contributed by atoms with van der Waals surface area (Å²) in [4.78, 5) is 17.1. The van der Waals surface area contributed by atoms with E-state index in [9.17, 15) is 4.79 Å². The molecule has 0 bridgehead atoms. The molecular formula is C22H34N2O2. The van der Waals surface area contributed by atoms with Gasteiger partial charge in [-0.15, -0.1) is 0 Å². The average Bonchev–Trinajstić information content (AvgIpc) is 3.11.